The van der Waals surface area contributed by atoms with Crippen molar-refractivity contribution in [1.82, 2.24) is 0 Å². The van der Waals surface area contributed by atoms with Crippen molar-refractivity contribution in [3.05, 3.63) is 64.9 Å². The van der Waals surface area contributed by atoms with E-state index in [0.717, 1.165) is 0 Å². The third-order valence-electron chi connectivity index (χ3n) is 2.32. The zero-order valence-electron chi connectivity index (χ0n) is 9.62. The van der Waals surface area contributed by atoms with E-state index in [1.807, 2.05) is 0 Å². The second-order valence-electron chi connectivity index (χ2n) is 3.72. The molecule has 2 aromatic rings. The highest BCUT2D eigenvalue weighted by molar-refractivity contribution is 7.90. The Bertz CT molecular complexity index is 694. The summed E-state index contributed by atoms with van der Waals surface area (Å²) in [5, 5.41) is 0.446. The molecule has 2 rings (SSSR count). The maximum Gasteiger partial charge on any atom is 0.282 e. The minimum Gasteiger partial charge on any atom is -0.207 e. The standard InChI is InChI=1S/C13H9ClFNO2S/c14-11-3-7-13(8-4-11)19(17,18)16-9-10-1-5-12(15)6-2-10/h1-9H/b16-9+. The molecule has 0 bridgehead atoms. The third-order valence-corrected chi connectivity index (χ3v) is 3.82. The number of rotatable bonds is 3. The molecule has 0 saturated carbocycles. The molecular weight excluding hydrogens is 289 g/mol. The van der Waals surface area contributed by atoms with Crippen LogP contribution in [-0.4, -0.2) is 14.6 Å². The van der Waals surface area contributed by atoms with Crippen LogP contribution >= 0.6 is 11.6 Å². The summed E-state index contributed by atoms with van der Waals surface area (Å²) >= 11 is 5.68. The summed E-state index contributed by atoms with van der Waals surface area (Å²) in [7, 11) is -3.77. The molecule has 0 spiro atoms. The Balaban J connectivity index is 2.26. The lowest BCUT2D eigenvalue weighted by Gasteiger charge is -1.98. The van der Waals surface area contributed by atoms with E-state index in [4.69, 9.17) is 11.6 Å². The van der Waals surface area contributed by atoms with Gasteiger partial charge in [0.1, 0.15) is 5.82 Å². The molecule has 98 valence electrons. The van der Waals surface area contributed by atoms with Crippen LogP contribution in [0.4, 0.5) is 4.39 Å². The fourth-order valence-electron chi connectivity index (χ4n) is 1.35. The van der Waals surface area contributed by atoms with E-state index in [0.29, 0.717) is 10.6 Å². The van der Waals surface area contributed by atoms with Crippen LogP contribution in [0.3, 0.4) is 0 Å². The molecule has 0 aliphatic heterocycles. The van der Waals surface area contributed by atoms with E-state index in [-0.39, 0.29) is 4.90 Å². The monoisotopic (exact) mass is 297 g/mol. The van der Waals surface area contributed by atoms with Crippen molar-refractivity contribution in [2.45, 2.75) is 4.90 Å². The maximum atomic E-state index is 12.7. The highest BCUT2D eigenvalue weighted by Gasteiger charge is 2.10. The van der Waals surface area contributed by atoms with E-state index in [9.17, 15) is 12.8 Å². The van der Waals surface area contributed by atoms with Crippen molar-refractivity contribution in [1.29, 1.82) is 0 Å². The number of nitrogens with zero attached hydrogens (tertiary/aromatic N) is 1. The highest BCUT2D eigenvalue weighted by atomic mass is 35.5. The molecule has 3 nitrogen and oxygen atoms in total. The normalized spacial score (nSPS) is 11.9. The number of hydrogen-bond acceptors (Lipinski definition) is 2. The predicted molar refractivity (Wildman–Crippen MR) is 72.6 cm³/mol. The zero-order chi connectivity index (χ0) is 13.9. The summed E-state index contributed by atoms with van der Waals surface area (Å²) in [6, 6.07) is 11.0. The Morgan fingerprint density at radius 2 is 1.58 bits per heavy atom. The average Bonchev–Trinajstić information content (AvgIpc) is 2.39. The SMILES string of the molecule is O=S(=O)(/N=C/c1ccc(F)cc1)c1ccc(Cl)cc1. The number of benzene rings is 2. The van der Waals surface area contributed by atoms with Crippen molar-refractivity contribution in [3.8, 4) is 0 Å². The minimum absolute atomic E-state index is 0.0512. The van der Waals surface area contributed by atoms with E-state index in [1.54, 1.807) is 0 Å². The summed E-state index contributed by atoms with van der Waals surface area (Å²) < 4.78 is 40.0. The molecule has 0 saturated heterocycles. The fraction of sp³-hybridized carbons (Fsp3) is 0. The molecule has 0 amide bonds. The number of halogens is 2. The second-order valence-corrected chi connectivity index (χ2v) is 5.78. The predicted octanol–water partition coefficient (Wildman–Crippen LogP) is 3.29. The van der Waals surface area contributed by atoms with Crippen molar-refractivity contribution in [2.75, 3.05) is 0 Å². The van der Waals surface area contributed by atoms with Gasteiger partial charge in [-0.3, -0.25) is 0 Å². The van der Waals surface area contributed by atoms with Crippen LogP contribution in [0.15, 0.2) is 57.8 Å². The molecule has 0 unspecified atom stereocenters. The highest BCUT2D eigenvalue weighted by Crippen LogP contribution is 2.16. The largest absolute Gasteiger partial charge is 0.282 e. The van der Waals surface area contributed by atoms with Gasteiger partial charge in [-0.05, 0) is 42.0 Å². The van der Waals surface area contributed by atoms with Crippen LogP contribution in [-0.2, 0) is 10.0 Å². The molecule has 0 heterocycles. The quantitative estimate of drug-likeness (QED) is 0.816. The molecule has 6 heteroatoms. The molecule has 2 aromatic carbocycles. The first kappa shape index (κ1) is 13.7. The van der Waals surface area contributed by atoms with Crippen LogP contribution < -0.4 is 0 Å². The molecule has 0 N–H and O–H groups in total. The molecule has 0 atom stereocenters. The molecule has 0 aliphatic carbocycles. The Hall–Kier alpha value is -1.72. The lowest BCUT2D eigenvalue weighted by atomic mass is 10.2. The van der Waals surface area contributed by atoms with E-state index < -0.39 is 15.8 Å². The molecule has 0 fully saturated rings. The van der Waals surface area contributed by atoms with Crippen molar-refractivity contribution >= 4 is 27.8 Å². The van der Waals surface area contributed by atoms with Crippen LogP contribution in [0.2, 0.25) is 5.02 Å². The lowest BCUT2D eigenvalue weighted by Crippen LogP contribution is -1.97. The zero-order valence-corrected chi connectivity index (χ0v) is 11.2. The fourth-order valence-corrected chi connectivity index (χ4v) is 2.33. The van der Waals surface area contributed by atoms with Crippen LogP contribution in [0.5, 0.6) is 0 Å². The van der Waals surface area contributed by atoms with Gasteiger partial charge in [-0.1, -0.05) is 23.7 Å². The van der Waals surface area contributed by atoms with Gasteiger partial charge in [0, 0.05) is 11.2 Å². The molecule has 19 heavy (non-hydrogen) atoms. The Morgan fingerprint density at radius 1 is 1.00 bits per heavy atom. The third kappa shape index (κ3) is 3.62. The first-order valence-electron chi connectivity index (χ1n) is 5.29. The first-order chi connectivity index (χ1) is 8.97. The smallest absolute Gasteiger partial charge is 0.207 e. The van der Waals surface area contributed by atoms with Gasteiger partial charge in [-0.25, -0.2) is 4.39 Å². The topological polar surface area (TPSA) is 46.5 Å². The van der Waals surface area contributed by atoms with Crippen molar-refractivity contribution in [2.24, 2.45) is 4.40 Å². The van der Waals surface area contributed by atoms with E-state index >= 15 is 0 Å². The van der Waals surface area contributed by atoms with Crippen molar-refractivity contribution in [3.63, 3.8) is 0 Å². The van der Waals surface area contributed by atoms with Gasteiger partial charge in [0.05, 0.1) is 4.90 Å². The van der Waals surface area contributed by atoms with Gasteiger partial charge < -0.3 is 0 Å². The van der Waals surface area contributed by atoms with Gasteiger partial charge >= 0.3 is 0 Å². The Labute approximate surface area is 115 Å². The summed E-state index contributed by atoms with van der Waals surface area (Å²) in [4.78, 5) is 0.0512. The van der Waals surface area contributed by atoms with Crippen molar-refractivity contribution < 1.29 is 12.8 Å². The Kier molecular flexibility index (Phi) is 3.97. The van der Waals surface area contributed by atoms with E-state index in [2.05, 4.69) is 4.40 Å². The van der Waals surface area contributed by atoms with Gasteiger partial charge in [-0.2, -0.15) is 12.8 Å². The van der Waals surface area contributed by atoms with Gasteiger partial charge in [0.2, 0.25) is 0 Å². The lowest BCUT2D eigenvalue weighted by molar-refractivity contribution is 0.598. The summed E-state index contributed by atoms with van der Waals surface area (Å²) in [5.74, 6) is -0.391. The molecule has 0 radical (unpaired) electrons. The van der Waals surface area contributed by atoms with Crippen LogP contribution in [0.25, 0.3) is 0 Å². The summed E-state index contributed by atoms with van der Waals surface area (Å²) in [5.41, 5.74) is 0.499. The maximum absolute atomic E-state index is 12.7. The average molecular weight is 298 g/mol. The van der Waals surface area contributed by atoms with Crippen LogP contribution in [0, 0.1) is 5.82 Å². The van der Waals surface area contributed by atoms with E-state index in [1.165, 1.54) is 54.7 Å². The van der Waals surface area contributed by atoms with Gasteiger partial charge in [0.15, 0.2) is 0 Å². The minimum atomic E-state index is -3.77. The summed E-state index contributed by atoms with van der Waals surface area (Å²) in [6.07, 6.45) is 1.17. The number of hydrogen-bond donors (Lipinski definition) is 0. The molecule has 0 aromatic heterocycles. The first-order valence-corrected chi connectivity index (χ1v) is 7.11. The Morgan fingerprint density at radius 3 is 2.16 bits per heavy atom. The molecular formula is C13H9ClFNO2S. The second kappa shape index (κ2) is 5.50. The molecule has 0 aliphatic rings. The van der Waals surface area contributed by atoms with Gasteiger partial charge in [0.25, 0.3) is 10.0 Å². The van der Waals surface area contributed by atoms with Gasteiger partial charge in [-0.15, -0.1) is 0 Å². The van der Waals surface area contributed by atoms with Crippen LogP contribution in [0.1, 0.15) is 5.56 Å². The summed E-state index contributed by atoms with van der Waals surface area (Å²) in [6.45, 7) is 0. The number of sulfonamides is 1.